The van der Waals surface area contributed by atoms with Gasteiger partial charge in [-0.25, -0.2) is 0 Å². The highest BCUT2D eigenvalue weighted by atomic mass is 16.5. The van der Waals surface area contributed by atoms with E-state index in [-0.39, 0.29) is 11.8 Å². The molecule has 0 spiro atoms. The molecule has 74 heavy (non-hydrogen) atoms. The van der Waals surface area contributed by atoms with E-state index in [0.29, 0.717) is 52.0 Å². The van der Waals surface area contributed by atoms with Crippen LogP contribution in [0.3, 0.4) is 0 Å². The molecule has 0 radical (unpaired) electrons. The third-order valence-corrected chi connectivity index (χ3v) is 14.2. The lowest BCUT2D eigenvalue weighted by atomic mass is 9.65. The van der Waals surface area contributed by atoms with Crippen LogP contribution in [0, 0.1) is 0 Å². The maximum atomic E-state index is 12.5. The quantitative estimate of drug-likeness (QED) is 0.0362. The lowest BCUT2D eigenvalue weighted by molar-refractivity contribution is -0.123. The average molecular weight is 981 g/mol. The van der Waals surface area contributed by atoms with E-state index in [1.807, 2.05) is 0 Å². The monoisotopic (exact) mass is 981 g/mol. The van der Waals surface area contributed by atoms with Crippen molar-refractivity contribution in [2.24, 2.45) is 0 Å². The standard InChI is InChI=1S/C68H72N2O4/c71-65(69-51-25-1-3-27-53-73-63-47-43-61(44-48-63)67(55-29-11-5-12-30-55,56-31-13-6-14-32-56)57-33-15-7-16-34-57)41-23-24-42-66(72)70-52-26-2-4-28-54-74-64-49-45-62(46-50-64)68(58-35-17-8-18-36-58,59-37-19-9-20-38-59)60-39-21-10-22-40-60/h5-22,29-40,43-50H,1-4,23-28,41-42,51-54H2,(H,69,71)(H,70,72). The smallest absolute Gasteiger partial charge is 0.219 e. The molecule has 0 atom stereocenters. The molecule has 0 aromatic heterocycles. The number of carbonyl (C=O) groups excluding carboxylic acids is 2. The van der Waals surface area contributed by atoms with Crippen molar-refractivity contribution in [1.29, 1.82) is 0 Å². The molecule has 8 rings (SSSR count). The summed E-state index contributed by atoms with van der Waals surface area (Å²) in [5.41, 5.74) is 8.72. The summed E-state index contributed by atoms with van der Waals surface area (Å²) in [6.45, 7) is 2.65. The molecule has 0 saturated heterocycles. The van der Waals surface area contributed by atoms with Crippen molar-refractivity contribution < 1.29 is 19.1 Å². The Kier molecular flexibility index (Phi) is 19.9. The molecule has 8 aromatic carbocycles. The zero-order valence-electron chi connectivity index (χ0n) is 42.9. The van der Waals surface area contributed by atoms with E-state index in [2.05, 4.69) is 241 Å². The first-order chi connectivity index (χ1) is 36.6. The molecule has 0 heterocycles. The summed E-state index contributed by atoms with van der Waals surface area (Å²) in [6.07, 6.45) is 10.2. The minimum atomic E-state index is -0.474. The molecular formula is C68H72N2O4. The zero-order chi connectivity index (χ0) is 50.9. The van der Waals surface area contributed by atoms with E-state index in [1.54, 1.807) is 0 Å². The van der Waals surface area contributed by atoms with E-state index in [1.165, 1.54) is 44.5 Å². The number of benzene rings is 8. The van der Waals surface area contributed by atoms with Crippen LogP contribution >= 0.6 is 0 Å². The summed E-state index contributed by atoms with van der Waals surface area (Å²) in [5, 5.41) is 6.11. The molecule has 0 aliphatic rings. The van der Waals surface area contributed by atoms with Crippen molar-refractivity contribution in [2.75, 3.05) is 26.3 Å². The van der Waals surface area contributed by atoms with Crippen LogP contribution in [0.4, 0.5) is 0 Å². The second kappa shape index (κ2) is 27.9. The van der Waals surface area contributed by atoms with Gasteiger partial charge in [-0.3, -0.25) is 9.59 Å². The van der Waals surface area contributed by atoms with Crippen molar-refractivity contribution in [3.05, 3.63) is 275 Å². The average Bonchev–Trinajstić information content (AvgIpc) is 3.46. The number of unbranched alkanes of at least 4 members (excludes halogenated alkanes) is 7. The Labute approximate surface area is 440 Å². The fourth-order valence-corrected chi connectivity index (χ4v) is 10.5. The van der Waals surface area contributed by atoms with Gasteiger partial charge in [-0.15, -0.1) is 0 Å². The molecule has 0 aliphatic heterocycles. The summed E-state index contributed by atoms with van der Waals surface area (Å²) >= 11 is 0. The van der Waals surface area contributed by atoms with E-state index >= 15 is 0 Å². The van der Waals surface area contributed by atoms with Crippen molar-refractivity contribution in [2.45, 2.75) is 87.9 Å². The van der Waals surface area contributed by atoms with Gasteiger partial charge < -0.3 is 20.1 Å². The molecule has 0 fully saturated rings. The molecule has 2 N–H and O–H groups in total. The molecule has 6 nitrogen and oxygen atoms in total. The first kappa shape index (κ1) is 52.6. The Morgan fingerprint density at radius 1 is 0.284 bits per heavy atom. The summed E-state index contributed by atoms with van der Waals surface area (Å²) in [4.78, 5) is 24.9. The summed E-state index contributed by atoms with van der Waals surface area (Å²) < 4.78 is 12.4. The number of amides is 2. The van der Waals surface area contributed by atoms with Gasteiger partial charge in [-0.05, 0) is 107 Å². The highest BCUT2D eigenvalue weighted by molar-refractivity contribution is 5.77. The fraction of sp³-hybridized carbons (Fsp3) is 0.265. The number of hydrogen-bond donors (Lipinski definition) is 2. The van der Waals surface area contributed by atoms with Gasteiger partial charge in [0.15, 0.2) is 0 Å². The number of nitrogens with one attached hydrogen (secondary N) is 2. The SMILES string of the molecule is O=C(CCCCC(=O)NCCCCCCOc1ccc(C(c2ccccc2)(c2ccccc2)c2ccccc2)cc1)NCCCCCCOc1ccc(C(c2ccccc2)(c2ccccc2)c2ccccc2)cc1. The third-order valence-electron chi connectivity index (χ3n) is 14.2. The maximum absolute atomic E-state index is 12.5. The minimum Gasteiger partial charge on any atom is -0.494 e. The highest BCUT2D eigenvalue weighted by Gasteiger charge is 2.39. The Morgan fingerprint density at radius 2 is 0.527 bits per heavy atom. The number of hydrogen-bond acceptors (Lipinski definition) is 4. The fourth-order valence-electron chi connectivity index (χ4n) is 10.5. The Bertz CT molecular complexity index is 2450. The van der Waals surface area contributed by atoms with Crippen molar-refractivity contribution in [3.8, 4) is 11.5 Å². The summed E-state index contributed by atoms with van der Waals surface area (Å²) in [7, 11) is 0. The second-order valence-electron chi connectivity index (χ2n) is 19.2. The molecule has 6 heteroatoms. The van der Waals surface area contributed by atoms with Gasteiger partial charge in [0.2, 0.25) is 11.8 Å². The van der Waals surface area contributed by atoms with Crippen LogP contribution < -0.4 is 20.1 Å². The Balaban J connectivity index is 0.654. The van der Waals surface area contributed by atoms with E-state index in [9.17, 15) is 9.59 Å². The van der Waals surface area contributed by atoms with Gasteiger partial charge in [0.1, 0.15) is 11.5 Å². The van der Waals surface area contributed by atoms with Crippen LogP contribution in [0.1, 0.15) is 122 Å². The van der Waals surface area contributed by atoms with Crippen molar-refractivity contribution in [1.82, 2.24) is 10.6 Å². The maximum Gasteiger partial charge on any atom is 0.219 e. The predicted molar refractivity (Wildman–Crippen MR) is 302 cm³/mol. The second-order valence-corrected chi connectivity index (χ2v) is 19.2. The topological polar surface area (TPSA) is 76.7 Å². The van der Waals surface area contributed by atoms with Crippen molar-refractivity contribution >= 4 is 11.8 Å². The van der Waals surface area contributed by atoms with Crippen LogP contribution in [0.25, 0.3) is 0 Å². The Hall–Kier alpha value is -7.70. The zero-order valence-corrected chi connectivity index (χ0v) is 42.9. The summed E-state index contributed by atoms with van der Waals surface area (Å²) in [6, 6.07) is 81.6. The lowest BCUT2D eigenvalue weighted by Crippen LogP contribution is -2.30. The van der Waals surface area contributed by atoms with Gasteiger partial charge in [0.05, 0.1) is 24.0 Å². The molecule has 378 valence electrons. The molecule has 2 amide bonds. The molecule has 0 aliphatic carbocycles. The van der Waals surface area contributed by atoms with E-state index < -0.39 is 10.8 Å². The van der Waals surface area contributed by atoms with Crippen LogP contribution in [0.2, 0.25) is 0 Å². The van der Waals surface area contributed by atoms with E-state index in [4.69, 9.17) is 9.47 Å². The number of rotatable bonds is 29. The molecule has 8 aromatic rings. The van der Waals surface area contributed by atoms with Crippen LogP contribution in [0.5, 0.6) is 11.5 Å². The van der Waals surface area contributed by atoms with Crippen molar-refractivity contribution in [3.63, 3.8) is 0 Å². The molecule has 0 bridgehead atoms. The van der Waals surface area contributed by atoms with Crippen LogP contribution in [-0.2, 0) is 20.4 Å². The normalized spacial score (nSPS) is 11.4. The minimum absolute atomic E-state index is 0.0604. The Morgan fingerprint density at radius 3 is 0.797 bits per heavy atom. The van der Waals surface area contributed by atoms with Gasteiger partial charge in [-0.2, -0.15) is 0 Å². The van der Waals surface area contributed by atoms with Crippen LogP contribution in [0.15, 0.2) is 231 Å². The number of ether oxygens (including phenoxy) is 2. The first-order valence-electron chi connectivity index (χ1n) is 26.9. The largest absolute Gasteiger partial charge is 0.494 e. The first-order valence-corrected chi connectivity index (χ1v) is 26.9. The predicted octanol–water partition coefficient (Wildman–Crippen LogP) is 14.8. The van der Waals surface area contributed by atoms with E-state index in [0.717, 1.165) is 62.9 Å². The van der Waals surface area contributed by atoms with Gasteiger partial charge in [-0.1, -0.05) is 232 Å². The molecular weight excluding hydrogens is 909 g/mol. The van der Waals surface area contributed by atoms with Crippen LogP contribution in [-0.4, -0.2) is 38.1 Å². The molecule has 0 saturated carbocycles. The number of carbonyl (C=O) groups is 2. The third kappa shape index (κ3) is 13.7. The van der Waals surface area contributed by atoms with Gasteiger partial charge in [0.25, 0.3) is 0 Å². The lowest BCUT2D eigenvalue weighted by Gasteiger charge is -2.36. The van der Waals surface area contributed by atoms with Gasteiger partial charge in [0, 0.05) is 25.9 Å². The summed E-state index contributed by atoms with van der Waals surface area (Å²) in [5.74, 6) is 1.85. The van der Waals surface area contributed by atoms with Gasteiger partial charge >= 0.3 is 0 Å². The molecule has 0 unspecified atom stereocenters. The highest BCUT2D eigenvalue weighted by Crippen LogP contribution is 2.47.